The summed E-state index contributed by atoms with van der Waals surface area (Å²) in [5.74, 6) is 0.851. The lowest BCUT2D eigenvalue weighted by Gasteiger charge is -2.40. The highest BCUT2D eigenvalue weighted by Gasteiger charge is 2.25. The zero-order chi connectivity index (χ0) is 12.7. The molecule has 1 heterocycles. The van der Waals surface area contributed by atoms with Gasteiger partial charge in [0, 0.05) is 25.2 Å². The molecule has 2 heteroatoms. The van der Waals surface area contributed by atoms with Crippen LogP contribution in [-0.4, -0.2) is 36.6 Å². The molecule has 1 N–H and O–H groups in total. The number of rotatable bonds is 7. The van der Waals surface area contributed by atoms with Gasteiger partial charge in [-0.3, -0.25) is 4.90 Å². The summed E-state index contributed by atoms with van der Waals surface area (Å²) in [4.78, 5) is 2.75. The standard InChI is InChI=1S/C15H32N2/c1-5-8-15-11-16-14(6-2)12-17(15)10-7-9-13(3)4/h13-16H,5-12H2,1-4H3. The normalized spacial score (nSPS) is 26.6. The molecular formula is C15H32N2. The first kappa shape index (κ1) is 15.0. The summed E-state index contributed by atoms with van der Waals surface area (Å²) >= 11 is 0. The minimum Gasteiger partial charge on any atom is -0.311 e. The van der Waals surface area contributed by atoms with Crippen LogP contribution < -0.4 is 5.32 Å². The Morgan fingerprint density at radius 3 is 2.65 bits per heavy atom. The van der Waals surface area contributed by atoms with E-state index in [9.17, 15) is 0 Å². The van der Waals surface area contributed by atoms with Crippen LogP contribution in [0.1, 0.15) is 59.8 Å². The van der Waals surface area contributed by atoms with Crippen LogP contribution in [0.3, 0.4) is 0 Å². The van der Waals surface area contributed by atoms with E-state index in [1.807, 2.05) is 0 Å². The monoisotopic (exact) mass is 240 g/mol. The maximum atomic E-state index is 3.69. The van der Waals surface area contributed by atoms with Gasteiger partial charge in [-0.1, -0.05) is 34.1 Å². The molecule has 1 aliphatic rings. The lowest BCUT2D eigenvalue weighted by Crippen LogP contribution is -2.56. The molecule has 0 spiro atoms. The topological polar surface area (TPSA) is 15.3 Å². The summed E-state index contributed by atoms with van der Waals surface area (Å²) in [5.41, 5.74) is 0. The van der Waals surface area contributed by atoms with E-state index >= 15 is 0 Å². The number of piperazine rings is 1. The van der Waals surface area contributed by atoms with E-state index in [4.69, 9.17) is 0 Å². The van der Waals surface area contributed by atoms with E-state index < -0.39 is 0 Å². The van der Waals surface area contributed by atoms with Gasteiger partial charge in [0.05, 0.1) is 0 Å². The minimum atomic E-state index is 0.724. The van der Waals surface area contributed by atoms with Crippen molar-refractivity contribution >= 4 is 0 Å². The molecule has 0 aromatic rings. The van der Waals surface area contributed by atoms with Gasteiger partial charge in [0.15, 0.2) is 0 Å². The molecule has 102 valence electrons. The molecule has 0 aromatic heterocycles. The van der Waals surface area contributed by atoms with Crippen LogP contribution in [0.15, 0.2) is 0 Å². The molecule has 2 nitrogen and oxygen atoms in total. The Hall–Kier alpha value is -0.0800. The summed E-state index contributed by atoms with van der Waals surface area (Å²) < 4.78 is 0. The number of nitrogens with zero attached hydrogens (tertiary/aromatic N) is 1. The highest BCUT2D eigenvalue weighted by atomic mass is 15.2. The first-order valence-electron chi connectivity index (χ1n) is 7.64. The quantitative estimate of drug-likeness (QED) is 0.735. The van der Waals surface area contributed by atoms with Crippen LogP contribution in [0.25, 0.3) is 0 Å². The van der Waals surface area contributed by atoms with Crippen LogP contribution in [0.5, 0.6) is 0 Å². The van der Waals surface area contributed by atoms with Crippen LogP contribution in [0.4, 0.5) is 0 Å². The van der Waals surface area contributed by atoms with Crippen molar-refractivity contribution in [2.45, 2.75) is 71.9 Å². The van der Waals surface area contributed by atoms with E-state index in [0.29, 0.717) is 0 Å². The molecule has 0 radical (unpaired) electrons. The van der Waals surface area contributed by atoms with Gasteiger partial charge in [-0.2, -0.15) is 0 Å². The third kappa shape index (κ3) is 5.39. The van der Waals surface area contributed by atoms with Gasteiger partial charge >= 0.3 is 0 Å². The molecule has 1 aliphatic heterocycles. The van der Waals surface area contributed by atoms with Crippen molar-refractivity contribution in [2.24, 2.45) is 5.92 Å². The zero-order valence-corrected chi connectivity index (χ0v) is 12.3. The number of hydrogen-bond donors (Lipinski definition) is 1. The molecule has 2 atom stereocenters. The second kappa shape index (κ2) is 8.10. The lowest BCUT2D eigenvalue weighted by atomic mass is 10.0. The lowest BCUT2D eigenvalue weighted by molar-refractivity contribution is 0.117. The Morgan fingerprint density at radius 2 is 2.06 bits per heavy atom. The van der Waals surface area contributed by atoms with Crippen molar-refractivity contribution in [3.05, 3.63) is 0 Å². The molecular weight excluding hydrogens is 208 g/mol. The molecule has 0 amide bonds. The number of nitrogens with one attached hydrogen (secondary N) is 1. The molecule has 0 saturated carbocycles. The average Bonchev–Trinajstić information content (AvgIpc) is 2.31. The SMILES string of the molecule is CCCC1CNC(CC)CN1CCCC(C)C. The maximum absolute atomic E-state index is 3.69. The van der Waals surface area contributed by atoms with Crippen molar-refractivity contribution in [3.8, 4) is 0 Å². The van der Waals surface area contributed by atoms with Crippen LogP contribution in [-0.2, 0) is 0 Å². The van der Waals surface area contributed by atoms with E-state index in [-0.39, 0.29) is 0 Å². The minimum absolute atomic E-state index is 0.724. The Morgan fingerprint density at radius 1 is 1.29 bits per heavy atom. The van der Waals surface area contributed by atoms with Gasteiger partial charge in [-0.15, -0.1) is 0 Å². The third-order valence-corrected chi connectivity index (χ3v) is 3.95. The first-order valence-corrected chi connectivity index (χ1v) is 7.64. The van der Waals surface area contributed by atoms with E-state index in [1.54, 1.807) is 0 Å². The second-order valence-electron chi connectivity index (χ2n) is 5.99. The second-order valence-corrected chi connectivity index (χ2v) is 5.99. The molecule has 0 aromatic carbocycles. The number of hydrogen-bond acceptors (Lipinski definition) is 2. The highest BCUT2D eigenvalue weighted by Crippen LogP contribution is 2.15. The van der Waals surface area contributed by atoms with E-state index in [2.05, 4.69) is 37.9 Å². The fourth-order valence-electron chi connectivity index (χ4n) is 2.80. The van der Waals surface area contributed by atoms with Crippen molar-refractivity contribution in [1.29, 1.82) is 0 Å². The summed E-state index contributed by atoms with van der Waals surface area (Å²) in [7, 11) is 0. The molecule has 1 rings (SSSR count). The van der Waals surface area contributed by atoms with Gasteiger partial charge in [0.2, 0.25) is 0 Å². The predicted octanol–water partition coefficient (Wildman–Crippen LogP) is 3.28. The zero-order valence-electron chi connectivity index (χ0n) is 12.3. The van der Waals surface area contributed by atoms with Gasteiger partial charge in [0.25, 0.3) is 0 Å². The molecule has 0 aliphatic carbocycles. The third-order valence-electron chi connectivity index (χ3n) is 3.95. The fraction of sp³-hybridized carbons (Fsp3) is 1.00. The molecule has 1 fully saturated rings. The van der Waals surface area contributed by atoms with Gasteiger partial charge in [0.1, 0.15) is 0 Å². The molecule has 0 bridgehead atoms. The molecule has 17 heavy (non-hydrogen) atoms. The van der Waals surface area contributed by atoms with Crippen LogP contribution >= 0.6 is 0 Å². The van der Waals surface area contributed by atoms with Crippen molar-refractivity contribution in [3.63, 3.8) is 0 Å². The van der Waals surface area contributed by atoms with Gasteiger partial charge in [-0.05, 0) is 38.1 Å². The smallest absolute Gasteiger partial charge is 0.0221 e. The van der Waals surface area contributed by atoms with Crippen LogP contribution in [0.2, 0.25) is 0 Å². The Labute approximate surface area is 108 Å². The van der Waals surface area contributed by atoms with Gasteiger partial charge < -0.3 is 5.32 Å². The first-order chi connectivity index (χ1) is 8.17. The fourth-order valence-corrected chi connectivity index (χ4v) is 2.80. The summed E-state index contributed by atoms with van der Waals surface area (Å²) in [6.07, 6.45) is 6.67. The summed E-state index contributed by atoms with van der Waals surface area (Å²) in [5, 5.41) is 3.69. The van der Waals surface area contributed by atoms with Crippen LogP contribution in [0, 0.1) is 5.92 Å². The van der Waals surface area contributed by atoms with E-state index in [1.165, 1.54) is 51.7 Å². The Bertz CT molecular complexity index is 191. The highest BCUT2D eigenvalue weighted by molar-refractivity contribution is 4.85. The van der Waals surface area contributed by atoms with E-state index in [0.717, 1.165) is 18.0 Å². The Balaban J connectivity index is 2.37. The Kier molecular flexibility index (Phi) is 7.14. The average molecular weight is 240 g/mol. The molecule has 2 unspecified atom stereocenters. The molecule has 1 saturated heterocycles. The van der Waals surface area contributed by atoms with Crippen molar-refractivity contribution in [2.75, 3.05) is 19.6 Å². The largest absolute Gasteiger partial charge is 0.311 e. The summed E-state index contributed by atoms with van der Waals surface area (Å²) in [6, 6.07) is 1.51. The van der Waals surface area contributed by atoms with Crippen molar-refractivity contribution < 1.29 is 0 Å². The predicted molar refractivity (Wildman–Crippen MR) is 76.4 cm³/mol. The van der Waals surface area contributed by atoms with Gasteiger partial charge in [-0.25, -0.2) is 0 Å². The summed E-state index contributed by atoms with van der Waals surface area (Å²) in [6.45, 7) is 13.0. The maximum Gasteiger partial charge on any atom is 0.0221 e. The van der Waals surface area contributed by atoms with Crippen molar-refractivity contribution in [1.82, 2.24) is 10.2 Å².